The minimum atomic E-state index is -0.501. The molecular weight excluding hydrogens is 319 g/mol. The summed E-state index contributed by atoms with van der Waals surface area (Å²) >= 11 is 0. The molecule has 142 valence electrons. The van der Waals surface area contributed by atoms with Crippen LogP contribution in [0.15, 0.2) is 4.99 Å². The Balaban J connectivity index is 2.71. The summed E-state index contributed by atoms with van der Waals surface area (Å²) in [7, 11) is 1.50. The van der Waals surface area contributed by atoms with E-state index < -0.39 is 6.04 Å². The number of carbonyl (C=O) groups excluding carboxylic acids is 2. The molecule has 1 saturated carbocycles. The lowest BCUT2D eigenvalue weighted by molar-refractivity contribution is -0.152. The molecule has 1 N–H and O–H groups in total. The third-order valence-corrected chi connectivity index (χ3v) is 4.92. The predicted molar refractivity (Wildman–Crippen MR) is 101 cm³/mol. The summed E-state index contributed by atoms with van der Waals surface area (Å²) in [5, 5.41) is 3.10. The van der Waals surface area contributed by atoms with E-state index in [1.54, 1.807) is 6.92 Å². The molecule has 1 aliphatic carbocycles. The number of amides is 1. The van der Waals surface area contributed by atoms with Crippen LogP contribution in [0.1, 0.15) is 65.7 Å². The van der Waals surface area contributed by atoms with Crippen molar-refractivity contribution >= 4 is 26.3 Å². The zero-order chi connectivity index (χ0) is 18.7. The second kappa shape index (κ2) is 11.9. The standard InChI is InChI=1S/C18H33BN2O4/c1-4-6-11-24-18(23)14(5-2)15-9-7-8-10-16(15)21-17(22)13(3)20-12-25-19/h12-16H,4-11,19H2,1-3H3,(H,21,22)/t13-,14-,15-,16-/m1/s1. The fraction of sp³-hybridized carbons (Fsp3) is 0.833. The summed E-state index contributed by atoms with van der Waals surface area (Å²) in [6.07, 6.45) is 7.92. The number of carbonyl (C=O) groups is 2. The highest BCUT2D eigenvalue weighted by atomic mass is 16.5. The average Bonchev–Trinajstić information content (AvgIpc) is 2.61. The first-order valence-electron chi connectivity index (χ1n) is 9.56. The van der Waals surface area contributed by atoms with Gasteiger partial charge >= 0.3 is 14.0 Å². The van der Waals surface area contributed by atoms with E-state index in [-0.39, 0.29) is 29.8 Å². The van der Waals surface area contributed by atoms with Crippen LogP contribution in [-0.4, -0.2) is 45.0 Å². The van der Waals surface area contributed by atoms with Crippen LogP contribution in [0.3, 0.4) is 0 Å². The third kappa shape index (κ3) is 7.08. The zero-order valence-corrected chi connectivity index (χ0v) is 16.1. The van der Waals surface area contributed by atoms with Gasteiger partial charge in [0.25, 0.3) is 0 Å². The molecule has 0 spiro atoms. The van der Waals surface area contributed by atoms with Crippen molar-refractivity contribution in [1.29, 1.82) is 0 Å². The van der Waals surface area contributed by atoms with E-state index >= 15 is 0 Å². The first-order chi connectivity index (χ1) is 12.0. The second-order valence-electron chi connectivity index (χ2n) is 6.77. The first-order valence-corrected chi connectivity index (χ1v) is 9.56. The number of hydrogen-bond donors (Lipinski definition) is 1. The monoisotopic (exact) mass is 352 g/mol. The van der Waals surface area contributed by atoms with Gasteiger partial charge in [0.1, 0.15) is 6.04 Å². The fourth-order valence-corrected chi connectivity index (χ4v) is 3.41. The molecule has 1 fully saturated rings. The summed E-state index contributed by atoms with van der Waals surface area (Å²) < 4.78 is 10.2. The Hall–Kier alpha value is -1.53. The Morgan fingerprint density at radius 3 is 2.68 bits per heavy atom. The molecule has 1 rings (SSSR count). The number of ether oxygens (including phenoxy) is 1. The molecule has 0 radical (unpaired) electrons. The third-order valence-electron chi connectivity index (χ3n) is 4.92. The van der Waals surface area contributed by atoms with Gasteiger partial charge in [0, 0.05) is 6.04 Å². The number of rotatable bonds is 10. The zero-order valence-electron chi connectivity index (χ0n) is 16.1. The van der Waals surface area contributed by atoms with E-state index in [2.05, 4.69) is 17.2 Å². The lowest BCUT2D eigenvalue weighted by atomic mass is 9.75. The largest absolute Gasteiger partial charge is 0.560 e. The summed E-state index contributed by atoms with van der Waals surface area (Å²) in [5.74, 6) is -0.261. The first kappa shape index (κ1) is 21.5. The van der Waals surface area contributed by atoms with Crippen molar-refractivity contribution in [3.63, 3.8) is 0 Å². The van der Waals surface area contributed by atoms with Crippen molar-refractivity contribution < 1.29 is 19.0 Å². The Morgan fingerprint density at radius 2 is 2.04 bits per heavy atom. The molecule has 0 bridgehead atoms. The summed E-state index contributed by atoms with van der Waals surface area (Å²) in [4.78, 5) is 28.9. The Morgan fingerprint density at radius 1 is 1.32 bits per heavy atom. The molecule has 0 aromatic carbocycles. The van der Waals surface area contributed by atoms with Gasteiger partial charge in [-0.2, -0.15) is 0 Å². The predicted octanol–water partition coefficient (Wildman–Crippen LogP) is 2.01. The lowest BCUT2D eigenvalue weighted by Crippen LogP contribution is -2.48. The molecule has 0 heterocycles. The number of unbranched alkanes of at least 4 members (excludes halogenated alkanes) is 1. The van der Waals surface area contributed by atoms with Crippen molar-refractivity contribution in [2.75, 3.05) is 6.61 Å². The minimum absolute atomic E-state index is 0.00474. The summed E-state index contributed by atoms with van der Waals surface area (Å²) in [6.45, 7) is 6.31. The topological polar surface area (TPSA) is 77.0 Å². The molecule has 0 aromatic heterocycles. The van der Waals surface area contributed by atoms with E-state index in [0.717, 1.165) is 44.9 Å². The SMILES string of the molecule is BOC=N[C@H](C)C(=O)N[C@@H]1CCCC[C@@H]1[C@@H](CC)C(=O)OCCCC. The maximum atomic E-state index is 12.5. The number of esters is 1. The van der Waals surface area contributed by atoms with E-state index in [1.807, 2.05) is 6.92 Å². The van der Waals surface area contributed by atoms with Gasteiger partial charge in [-0.05, 0) is 38.5 Å². The van der Waals surface area contributed by atoms with Gasteiger partial charge in [-0.1, -0.05) is 33.1 Å². The molecule has 0 saturated heterocycles. The van der Waals surface area contributed by atoms with E-state index in [1.165, 1.54) is 14.4 Å². The molecule has 0 unspecified atom stereocenters. The molecule has 25 heavy (non-hydrogen) atoms. The van der Waals surface area contributed by atoms with Crippen LogP contribution in [-0.2, 0) is 19.0 Å². The van der Waals surface area contributed by atoms with Crippen molar-refractivity contribution in [1.82, 2.24) is 5.32 Å². The highest BCUT2D eigenvalue weighted by Gasteiger charge is 2.36. The molecule has 1 aliphatic rings. The average molecular weight is 352 g/mol. The summed E-state index contributed by atoms with van der Waals surface area (Å²) in [6, 6.07) is -0.496. The molecule has 0 aliphatic heterocycles. The lowest BCUT2D eigenvalue weighted by Gasteiger charge is -2.36. The quantitative estimate of drug-likeness (QED) is 0.215. The normalized spacial score (nSPS) is 23.0. The van der Waals surface area contributed by atoms with E-state index in [0.29, 0.717) is 6.61 Å². The molecule has 1 amide bonds. The second-order valence-corrected chi connectivity index (χ2v) is 6.77. The van der Waals surface area contributed by atoms with Gasteiger partial charge in [0.2, 0.25) is 5.91 Å². The number of nitrogens with one attached hydrogen (secondary N) is 1. The van der Waals surface area contributed by atoms with Crippen LogP contribution < -0.4 is 5.32 Å². The molecule has 4 atom stereocenters. The molecule has 0 aromatic rings. The highest BCUT2D eigenvalue weighted by molar-refractivity contribution is 6.02. The van der Waals surface area contributed by atoms with E-state index in [4.69, 9.17) is 9.39 Å². The molecule has 7 heteroatoms. The molecular formula is C18H33BN2O4. The van der Waals surface area contributed by atoms with Crippen molar-refractivity contribution in [3.05, 3.63) is 0 Å². The van der Waals surface area contributed by atoms with Crippen LogP contribution in [0, 0.1) is 11.8 Å². The fourth-order valence-electron chi connectivity index (χ4n) is 3.41. The Bertz CT molecular complexity index is 445. The van der Waals surface area contributed by atoms with Gasteiger partial charge in [-0.15, -0.1) is 0 Å². The van der Waals surface area contributed by atoms with Gasteiger partial charge in [0.05, 0.1) is 12.5 Å². The Labute approximate surface area is 152 Å². The smallest absolute Gasteiger partial charge is 0.323 e. The van der Waals surface area contributed by atoms with Crippen LogP contribution in [0.25, 0.3) is 0 Å². The van der Waals surface area contributed by atoms with Gasteiger partial charge in [0.15, 0.2) is 6.40 Å². The minimum Gasteiger partial charge on any atom is -0.560 e. The van der Waals surface area contributed by atoms with Crippen molar-refractivity contribution in [3.8, 4) is 0 Å². The maximum Gasteiger partial charge on any atom is 0.323 e. The van der Waals surface area contributed by atoms with Crippen LogP contribution >= 0.6 is 0 Å². The summed E-state index contributed by atoms with van der Waals surface area (Å²) in [5.41, 5.74) is 0. The van der Waals surface area contributed by atoms with Crippen LogP contribution in [0.4, 0.5) is 0 Å². The van der Waals surface area contributed by atoms with Crippen LogP contribution in [0.2, 0.25) is 0 Å². The number of nitrogens with zero attached hydrogens (tertiary/aromatic N) is 1. The van der Waals surface area contributed by atoms with Gasteiger partial charge in [-0.3, -0.25) is 9.59 Å². The Kier molecular flexibility index (Phi) is 10.3. The number of aliphatic imine (C=N–C) groups is 1. The van der Waals surface area contributed by atoms with Gasteiger partial charge in [-0.25, -0.2) is 4.99 Å². The van der Waals surface area contributed by atoms with Crippen molar-refractivity contribution in [2.45, 2.75) is 77.8 Å². The van der Waals surface area contributed by atoms with Crippen molar-refractivity contribution in [2.24, 2.45) is 16.8 Å². The van der Waals surface area contributed by atoms with E-state index in [9.17, 15) is 9.59 Å². The van der Waals surface area contributed by atoms with Crippen LogP contribution in [0.5, 0.6) is 0 Å². The number of hydrogen-bond acceptors (Lipinski definition) is 5. The van der Waals surface area contributed by atoms with Gasteiger partial charge < -0.3 is 14.7 Å². The maximum absolute atomic E-state index is 12.5. The highest BCUT2D eigenvalue weighted by Crippen LogP contribution is 2.33. The molecule has 6 nitrogen and oxygen atoms in total.